The fourth-order valence-electron chi connectivity index (χ4n) is 10.9. The Balaban J connectivity index is 0.814. The maximum Gasteiger partial charge on any atom is 0.0560 e. The predicted octanol–water partition coefficient (Wildman–Crippen LogP) is 18.3. The zero-order chi connectivity index (χ0) is 45.0. The second-order valence-electron chi connectivity index (χ2n) is 18.0. The maximum absolute atomic E-state index is 2.51. The van der Waals surface area contributed by atoms with Crippen molar-refractivity contribution in [3.63, 3.8) is 0 Å². The number of benzene rings is 12. The summed E-state index contributed by atoms with van der Waals surface area (Å²) in [6.07, 6.45) is 8.01. The van der Waals surface area contributed by atoms with Crippen molar-refractivity contribution in [2.75, 3.05) is 9.80 Å². The molecule has 0 fully saturated rings. The second-order valence-corrected chi connectivity index (χ2v) is 18.0. The first-order valence-electron chi connectivity index (χ1n) is 23.7. The molecule has 0 heterocycles. The minimum absolute atomic E-state index is 0.147. The summed E-state index contributed by atoms with van der Waals surface area (Å²) in [5, 5.41) is 15.4. The Morgan fingerprint density at radius 3 is 1.21 bits per heavy atom. The van der Waals surface area contributed by atoms with Gasteiger partial charge in [0.05, 0.1) is 6.04 Å². The number of nitrogens with zero attached hydrogens (tertiary/aromatic N) is 2. The monoisotopic (exact) mass is 866 g/mol. The summed E-state index contributed by atoms with van der Waals surface area (Å²) in [6, 6.07) is 89.0. The van der Waals surface area contributed by atoms with Crippen molar-refractivity contribution in [2.24, 2.45) is 0 Å². The van der Waals surface area contributed by atoms with E-state index in [1.807, 2.05) is 0 Å². The molecule has 1 atom stereocenters. The van der Waals surface area contributed by atoms with E-state index >= 15 is 0 Å². The number of anilines is 5. The molecule has 12 aromatic carbocycles. The summed E-state index contributed by atoms with van der Waals surface area (Å²) in [4.78, 5) is 4.88. The molecule has 68 heavy (non-hydrogen) atoms. The van der Waals surface area contributed by atoms with E-state index in [-0.39, 0.29) is 6.04 Å². The summed E-state index contributed by atoms with van der Waals surface area (Å²) >= 11 is 0. The van der Waals surface area contributed by atoms with Crippen LogP contribution in [-0.4, -0.2) is 6.04 Å². The normalized spacial score (nSPS) is 13.7. The fourth-order valence-corrected chi connectivity index (χ4v) is 10.9. The molecule has 0 saturated heterocycles. The van der Waals surface area contributed by atoms with Gasteiger partial charge in [-0.25, -0.2) is 0 Å². The van der Waals surface area contributed by atoms with Crippen molar-refractivity contribution in [1.82, 2.24) is 0 Å². The van der Waals surface area contributed by atoms with Crippen LogP contribution in [0.15, 0.2) is 261 Å². The molecule has 12 aromatic rings. The van der Waals surface area contributed by atoms with E-state index in [0.29, 0.717) is 0 Å². The summed E-state index contributed by atoms with van der Waals surface area (Å²) < 4.78 is 0. The van der Waals surface area contributed by atoms with Gasteiger partial charge in [-0.05, 0) is 160 Å². The lowest BCUT2D eigenvalue weighted by molar-refractivity contribution is 0.787. The van der Waals surface area contributed by atoms with Crippen molar-refractivity contribution in [1.29, 1.82) is 0 Å². The van der Waals surface area contributed by atoms with E-state index < -0.39 is 0 Å². The van der Waals surface area contributed by atoms with E-state index in [9.17, 15) is 0 Å². The van der Waals surface area contributed by atoms with E-state index in [1.54, 1.807) is 0 Å². The molecule has 0 spiro atoms. The summed E-state index contributed by atoms with van der Waals surface area (Å²) in [5.41, 5.74) is 10.6. The van der Waals surface area contributed by atoms with Crippen LogP contribution in [0, 0.1) is 0 Å². The predicted molar refractivity (Wildman–Crippen MR) is 292 cm³/mol. The minimum Gasteiger partial charge on any atom is -0.334 e. The van der Waals surface area contributed by atoms with Crippen LogP contribution in [0.4, 0.5) is 28.4 Å². The number of fused-ring (bicyclic) bond motifs is 12. The Labute approximate surface area is 396 Å². The minimum atomic E-state index is 0.147. The Hall–Kier alpha value is -8.72. The molecule has 0 N–H and O–H groups in total. The van der Waals surface area contributed by atoms with Gasteiger partial charge in [-0.3, -0.25) is 0 Å². The van der Waals surface area contributed by atoms with E-state index in [4.69, 9.17) is 0 Å². The third kappa shape index (κ3) is 6.81. The topological polar surface area (TPSA) is 6.48 Å². The van der Waals surface area contributed by atoms with Gasteiger partial charge in [0.1, 0.15) is 0 Å². The van der Waals surface area contributed by atoms with E-state index in [0.717, 1.165) is 23.5 Å². The van der Waals surface area contributed by atoms with Crippen LogP contribution in [0.2, 0.25) is 0 Å². The standard InChI is InChI=1S/C66H46N2/c1-3-18-49(19-4-1)67(53-38-40-63-59-26-9-7-22-55(59)57-24-11-13-28-61(57)65(63)43-53)51-34-30-45(31-35-51)47-16-15-17-48(42-47)46-32-36-52(37-33-46)68(50-20-5-2-6-21-50)54-39-41-64-60-27-10-8-23-56(60)58-25-12-14-29-62(58)66(64)44-54/h1-36,38-44,52H,37H2. The third-order valence-electron chi connectivity index (χ3n) is 14.1. The molecule has 13 rings (SSSR count). The third-order valence-corrected chi connectivity index (χ3v) is 14.1. The van der Waals surface area contributed by atoms with Gasteiger partial charge in [0.25, 0.3) is 0 Å². The lowest BCUT2D eigenvalue weighted by Gasteiger charge is -2.33. The SMILES string of the molecule is C1=CC(N(c2ccccc2)c2ccc3c4ccccc4c4ccccc4c3c2)CC=C1c1cccc(-c2ccc(N(c3ccccc3)c3ccc4c5ccccc5c5ccccc5c4c3)cc2)c1. The van der Waals surface area contributed by atoms with Crippen LogP contribution in [0.1, 0.15) is 12.0 Å². The lowest BCUT2D eigenvalue weighted by Crippen LogP contribution is -2.30. The number of para-hydroxylation sites is 2. The highest BCUT2D eigenvalue weighted by molar-refractivity contribution is 6.27. The molecule has 0 aliphatic heterocycles. The molecule has 320 valence electrons. The average Bonchev–Trinajstić information content (AvgIpc) is 3.42. The molecule has 1 aliphatic carbocycles. The number of allylic oxidation sites excluding steroid dienone is 2. The van der Waals surface area contributed by atoms with Crippen LogP contribution in [0.25, 0.3) is 81.3 Å². The van der Waals surface area contributed by atoms with Crippen molar-refractivity contribution >= 4 is 98.6 Å². The molecule has 1 aliphatic rings. The molecule has 2 heteroatoms. The van der Waals surface area contributed by atoms with Crippen molar-refractivity contribution in [3.8, 4) is 11.1 Å². The highest BCUT2D eigenvalue weighted by Crippen LogP contribution is 2.43. The Bertz CT molecular complexity index is 3870. The Kier molecular flexibility index (Phi) is 9.68. The van der Waals surface area contributed by atoms with Gasteiger partial charge >= 0.3 is 0 Å². The zero-order valence-corrected chi connectivity index (χ0v) is 37.5. The number of hydrogen-bond acceptors (Lipinski definition) is 2. The van der Waals surface area contributed by atoms with Crippen LogP contribution >= 0.6 is 0 Å². The first kappa shape index (κ1) is 39.6. The molecule has 0 amide bonds. The van der Waals surface area contributed by atoms with Gasteiger partial charge in [-0.15, -0.1) is 0 Å². The molecule has 0 radical (unpaired) electrons. The van der Waals surface area contributed by atoms with Crippen molar-refractivity contribution in [3.05, 3.63) is 266 Å². The average molecular weight is 867 g/mol. The molecule has 2 nitrogen and oxygen atoms in total. The lowest BCUT2D eigenvalue weighted by atomic mass is 9.92. The van der Waals surface area contributed by atoms with Crippen LogP contribution in [-0.2, 0) is 0 Å². The smallest absolute Gasteiger partial charge is 0.0560 e. The maximum atomic E-state index is 2.51. The van der Waals surface area contributed by atoms with Gasteiger partial charge < -0.3 is 9.80 Å². The van der Waals surface area contributed by atoms with E-state index in [2.05, 4.69) is 271 Å². The molecular weight excluding hydrogens is 821 g/mol. The van der Waals surface area contributed by atoms with Crippen molar-refractivity contribution in [2.45, 2.75) is 12.5 Å². The van der Waals surface area contributed by atoms with Crippen LogP contribution in [0.3, 0.4) is 0 Å². The first-order valence-corrected chi connectivity index (χ1v) is 23.7. The highest BCUT2D eigenvalue weighted by atomic mass is 15.2. The first-order chi connectivity index (χ1) is 33.7. The molecule has 1 unspecified atom stereocenters. The largest absolute Gasteiger partial charge is 0.334 e. The zero-order valence-electron chi connectivity index (χ0n) is 37.5. The summed E-state index contributed by atoms with van der Waals surface area (Å²) in [6.45, 7) is 0. The highest BCUT2D eigenvalue weighted by Gasteiger charge is 2.22. The fraction of sp³-hybridized carbons (Fsp3) is 0.0303. The number of hydrogen-bond donors (Lipinski definition) is 0. The van der Waals surface area contributed by atoms with Crippen LogP contribution < -0.4 is 9.80 Å². The van der Waals surface area contributed by atoms with Gasteiger partial charge in [0.15, 0.2) is 0 Å². The second kappa shape index (κ2) is 16.6. The Morgan fingerprint density at radius 1 is 0.279 bits per heavy atom. The quantitative estimate of drug-likeness (QED) is 0.140. The Morgan fingerprint density at radius 2 is 0.691 bits per heavy atom. The van der Waals surface area contributed by atoms with Crippen molar-refractivity contribution < 1.29 is 0 Å². The van der Waals surface area contributed by atoms with Gasteiger partial charge in [-0.1, -0.05) is 194 Å². The van der Waals surface area contributed by atoms with Crippen LogP contribution in [0.5, 0.6) is 0 Å². The summed E-state index contributed by atoms with van der Waals surface area (Å²) in [5.74, 6) is 0. The summed E-state index contributed by atoms with van der Waals surface area (Å²) in [7, 11) is 0. The molecule has 0 bridgehead atoms. The van der Waals surface area contributed by atoms with Gasteiger partial charge in [0, 0.05) is 28.4 Å². The number of rotatable bonds is 8. The molecule has 0 aromatic heterocycles. The van der Waals surface area contributed by atoms with Gasteiger partial charge in [0.2, 0.25) is 0 Å². The van der Waals surface area contributed by atoms with Gasteiger partial charge in [-0.2, -0.15) is 0 Å². The molecular formula is C66H46N2. The molecule has 0 saturated carbocycles. The van der Waals surface area contributed by atoms with E-state index in [1.165, 1.54) is 98.3 Å².